The highest BCUT2D eigenvalue weighted by atomic mass is 16.4. The molecule has 0 spiro atoms. The predicted octanol–water partition coefficient (Wildman–Crippen LogP) is 4.94. The van der Waals surface area contributed by atoms with Crippen molar-refractivity contribution in [3.05, 3.63) is 12.2 Å². The number of carboxylic acid groups (broad SMARTS) is 1. The van der Waals surface area contributed by atoms with E-state index in [0.717, 1.165) is 32.1 Å². The smallest absolute Gasteiger partial charge is 0.320 e. The standard InChI is InChI=1S/C22H42N2O3/c1-2-3-4-5-6-7-8-9-10-11-12-13-14-18-21(25)24-19-16-15-17-20(23)22(26)27/h3-4,20H,2,5-19,23H2,1H3,(H,24,25)(H,26,27)/b4-3+/t20-/m0/s1. The zero-order chi connectivity index (χ0) is 20.2. The van der Waals surface area contributed by atoms with Crippen LogP contribution < -0.4 is 11.1 Å². The van der Waals surface area contributed by atoms with Crippen molar-refractivity contribution in [3.8, 4) is 0 Å². The summed E-state index contributed by atoms with van der Waals surface area (Å²) >= 11 is 0. The first-order chi connectivity index (χ1) is 13.1. The van der Waals surface area contributed by atoms with Crippen molar-refractivity contribution < 1.29 is 14.7 Å². The van der Waals surface area contributed by atoms with E-state index < -0.39 is 12.0 Å². The second-order valence-electron chi connectivity index (χ2n) is 7.39. The second kappa shape index (κ2) is 19.4. The van der Waals surface area contributed by atoms with Crippen LogP contribution in [0, 0.1) is 0 Å². The summed E-state index contributed by atoms with van der Waals surface area (Å²) in [4.78, 5) is 22.3. The number of amides is 1. The molecule has 0 aliphatic carbocycles. The molecule has 4 N–H and O–H groups in total. The summed E-state index contributed by atoms with van der Waals surface area (Å²) in [7, 11) is 0. The zero-order valence-electron chi connectivity index (χ0n) is 17.4. The number of hydrogen-bond donors (Lipinski definition) is 3. The Morgan fingerprint density at radius 2 is 1.48 bits per heavy atom. The molecule has 0 bridgehead atoms. The molecular formula is C22H42N2O3. The molecule has 5 heteroatoms. The van der Waals surface area contributed by atoms with Gasteiger partial charge in [0.1, 0.15) is 6.04 Å². The first kappa shape index (κ1) is 25.6. The third-order valence-corrected chi connectivity index (χ3v) is 4.76. The Kier molecular flexibility index (Phi) is 18.4. The summed E-state index contributed by atoms with van der Waals surface area (Å²) in [5.41, 5.74) is 5.43. The van der Waals surface area contributed by atoms with Crippen molar-refractivity contribution in [2.75, 3.05) is 6.54 Å². The lowest BCUT2D eigenvalue weighted by atomic mass is 10.1. The lowest BCUT2D eigenvalue weighted by Gasteiger charge is -2.07. The summed E-state index contributed by atoms with van der Waals surface area (Å²) in [6.07, 6.45) is 20.7. The summed E-state index contributed by atoms with van der Waals surface area (Å²) in [6, 6.07) is -0.788. The molecule has 0 heterocycles. The molecule has 1 amide bonds. The molecule has 0 radical (unpaired) electrons. The number of nitrogens with two attached hydrogens (primary N) is 1. The summed E-state index contributed by atoms with van der Waals surface area (Å²) in [6.45, 7) is 2.78. The Morgan fingerprint density at radius 1 is 0.889 bits per heavy atom. The number of hydrogen-bond acceptors (Lipinski definition) is 3. The summed E-state index contributed by atoms with van der Waals surface area (Å²) in [5, 5.41) is 11.6. The van der Waals surface area contributed by atoms with Gasteiger partial charge < -0.3 is 16.2 Å². The van der Waals surface area contributed by atoms with E-state index in [-0.39, 0.29) is 5.91 Å². The monoisotopic (exact) mass is 382 g/mol. The van der Waals surface area contributed by atoms with Crippen LogP contribution in [0.1, 0.15) is 103 Å². The first-order valence-electron chi connectivity index (χ1n) is 11.0. The molecule has 0 saturated carbocycles. The number of allylic oxidation sites excluding steroid dienone is 2. The maximum absolute atomic E-state index is 11.7. The maximum atomic E-state index is 11.7. The quantitative estimate of drug-likeness (QED) is 0.218. The molecule has 158 valence electrons. The lowest BCUT2D eigenvalue weighted by Crippen LogP contribution is -2.30. The molecule has 5 nitrogen and oxygen atoms in total. The predicted molar refractivity (Wildman–Crippen MR) is 113 cm³/mol. The Bertz CT molecular complexity index is 397. The molecule has 0 aromatic rings. The Balaban J connectivity index is 3.25. The third-order valence-electron chi connectivity index (χ3n) is 4.76. The third kappa shape index (κ3) is 19.2. The van der Waals surface area contributed by atoms with Crippen LogP contribution in [0.25, 0.3) is 0 Å². The van der Waals surface area contributed by atoms with E-state index in [1.54, 1.807) is 0 Å². The molecule has 0 aliphatic heterocycles. The van der Waals surface area contributed by atoms with E-state index >= 15 is 0 Å². The van der Waals surface area contributed by atoms with Gasteiger partial charge in [-0.3, -0.25) is 9.59 Å². The second-order valence-corrected chi connectivity index (χ2v) is 7.39. The van der Waals surface area contributed by atoms with E-state index in [4.69, 9.17) is 10.8 Å². The lowest BCUT2D eigenvalue weighted by molar-refractivity contribution is -0.138. The van der Waals surface area contributed by atoms with Crippen molar-refractivity contribution in [3.63, 3.8) is 0 Å². The molecule has 0 fully saturated rings. The molecule has 0 aromatic heterocycles. The number of aliphatic carboxylic acids is 1. The zero-order valence-corrected chi connectivity index (χ0v) is 17.4. The fourth-order valence-corrected chi connectivity index (χ4v) is 3.00. The van der Waals surface area contributed by atoms with Gasteiger partial charge in [0.15, 0.2) is 0 Å². The van der Waals surface area contributed by atoms with Crippen molar-refractivity contribution in [1.29, 1.82) is 0 Å². The van der Waals surface area contributed by atoms with E-state index in [1.807, 2.05) is 0 Å². The van der Waals surface area contributed by atoms with Gasteiger partial charge in [-0.15, -0.1) is 0 Å². The molecule has 0 saturated heterocycles. The summed E-state index contributed by atoms with van der Waals surface area (Å²) < 4.78 is 0. The first-order valence-corrected chi connectivity index (χ1v) is 11.0. The van der Waals surface area contributed by atoms with Gasteiger partial charge in [0.25, 0.3) is 0 Å². The van der Waals surface area contributed by atoms with E-state index in [2.05, 4.69) is 24.4 Å². The maximum Gasteiger partial charge on any atom is 0.320 e. The van der Waals surface area contributed by atoms with Crippen LogP contribution in [0.4, 0.5) is 0 Å². The normalized spacial score (nSPS) is 12.4. The van der Waals surface area contributed by atoms with Crippen molar-refractivity contribution >= 4 is 11.9 Å². The highest BCUT2D eigenvalue weighted by Gasteiger charge is 2.10. The number of carbonyl (C=O) groups is 2. The van der Waals surface area contributed by atoms with Crippen LogP contribution in [0.2, 0.25) is 0 Å². The Labute approximate surface area is 166 Å². The number of carbonyl (C=O) groups excluding carboxylic acids is 1. The van der Waals surface area contributed by atoms with Gasteiger partial charge in [-0.05, 0) is 44.9 Å². The highest BCUT2D eigenvalue weighted by molar-refractivity contribution is 5.75. The van der Waals surface area contributed by atoms with Gasteiger partial charge in [-0.2, -0.15) is 0 Å². The highest BCUT2D eigenvalue weighted by Crippen LogP contribution is 2.11. The topological polar surface area (TPSA) is 92.4 Å². The van der Waals surface area contributed by atoms with Crippen molar-refractivity contribution in [2.45, 2.75) is 109 Å². The molecule has 0 unspecified atom stereocenters. The molecule has 0 aromatic carbocycles. The van der Waals surface area contributed by atoms with Crippen LogP contribution in [0.5, 0.6) is 0 Å². The van der Waals surface area contributed by atoms with Gasteiger partial charge in [0.2, 0.25) is 5.91 Å². The SMILES string of the molecule is CC/C=C/CCCCCCCCCCCC(=O)NCCCC[C@H](N)C(=O)O. The Hall–Kier alpha value is -1.36. The molecule has 0 rings (SSSR count). The minimum absolute atomic E-state index is 0.106. The molecular weight excluding hydrogens is 340 g/mol. The summed E-state index contributed by atoms with van der Waals surface area (Å²) in [5.74, 6) is -0.853. The number of carboxylic acids is 1. The van der Waals surface area contributed by atoms with Crippen LogP contribution in [0.3, 0.4) is 0 Å². The van der Waals surface area contributed by atoms with E-state index in [9.17, 15) is 9.59 Å². The van der Waals surface area contributed by atoms with Crippen molar-refractivity contribution in [1.82, 2.24) is 5.32 Å². The van der Waals surface area contributed by atoms with Crippen LogP contribution in [-0.4, -0.2) is 29.6 Å². The van der Waals surface area contributed by atoms with E-state index in [1.165, 1.54) is 51.4 Å². The minimum atomic E-state index is -0.959. The van der Waals surface area contributed by atoms with Crippen LogP contribution in [-0.2, 0) is 9.59 Å². The van der Waals surface area contributed by atoms with Gasteiger partial charge in [0, 0.05) is 13.0 Å². The van der Waals surface area contributed by atoms with Gasteiger partial charge >= 0.3 is 5.97 Å². The number of rotatable bonds is 19. The van der Waals surface area contributed by atoms with Gasteiger partial charge in [0.05, 0.1) is 0 Å². The van der Waals surface area contributed by atoms with Gasteiger partial charge in [-0.25, -0.2) is 0 Å². The number of nitrogens with one attached hydrogen (secondary N) is 1. The fraction of sp³-hybridized carbons (Fsp3) is 0.818. The molecule has 1 atom stereocenters. The minimum Gasteiger partial charge on any atom is -0.480 e. The Morgan fingerprint density at radius 3 is 2.07 bits per heavy atom. The van der Waals surface area contributed by atoms with Crippen LogP contribution >= 0.6 is 0 Å². The fourth-order valence-electron chi connectivity index (χ4n) is 3.00. The van der Waals surface area contributed by atoms with Gasteiger partial charge in [-0.1, -0.05) is 64.0 Å². The van der Waals surface area contributed by atoms with E-state index in [0.29, 0.717) is 19.4 Å². The van der Waals surface area contributed by atoms with Crippen LogP contribution in [0.15, 0.2) is 12.2 Å². The average Bonchev–Trinajstić information content (AvgIpc) is 2.64. The molecule has 27 heavy (non-hydrogen) atoms. The number of unbranched alkanes of at least 4 members (excludes halogenated alkanes) is 10. The largest absolute Gasteiger partial charge is 0.480 e. The van der Waals surface area contributed by atoms with Crippen molar-refractivity contribution in [2.24, 2.45) is 5.73 Å². The average molecular weight is 383 g/mol. The molecule has 0 aliphatic rings.